The number of carboxylic acid groups (broad SMARTS) is 1. The highest BCUT2D eigenvalue weighted by molar-refractivity contribution is 6.04. The number of H-pyrrole nitrogens is 1. The molecule has 2 rings (SSSR count). The first-order valence-corrected chi connectivity index (χ1v) is 5.33. The highest BCUT2D eigenvalue weighted by Gasteiger charge is 2.12. The number of carbonyl (C=O) groups excluding carboxylic acids is 1. The van der Waals surface area contributed by atoms with Gasteiger partial charge in [-0.1, -0.05) is 6.07 Å². The van der Waals surface area contributed by atoms with Gasteiger partial charge in [-0.25, -0.2) is 9.18 Å². The molecule has 1 heterocycles. The van der Waals surface area contributed by atoms with E-state index in [1.807, 2.05) is 0 Å². The van der Waals surface area contributed by atoms with Crippen LogP contribution in [0.1, 0.15) is 26.4 Å². The predicted octanol–water partition coefficient (Wildman–Crippen LogP) is 1.81. The number of benzene rings is 1. The second-order valence-electron chi connectivity index (χ2n) is 3.89. The Hall–Kier alpha value is -2.70. The van der Waals surface area contributed by atoms with Gasteiger partial charge >= 0.3 is 5.97 Å². The van der Waals surface area contributed by atoms with E-state index in [4.69, 9.17) is 5.11 Å². The van der Waals surface area contributed by atoms with Gasteiger partial charge in [-0.05, 0) is 24.6 Å². The van der Waals surface area contributed by atoms with E-state index in [9.17, 15) is 14.0 Å². The molecule has 0 bridgehead atoms. The molecular weight excluding hydrogens is 253 g/mol. The van der Waals surface area contributed by atoms with Crippen molar-refractivity contribution in [2.24, 2.45) is 0 Å². The number of halogens is 1. The highest BCUT2D eigenvalue weighted by atomic mass is 19.1. The summed E-state index contributed by atoms with van der Waals surface area (Å²) >= 11 is 0. The molecule has 19 heavy (non-hydrogen) atoms. The number of carboxylic acids is 1. The fourth-order valence-corrected chi connectivity index (χ4v) is 1.42. The van der Waals surface area contributed by atoms with E-state index in [1.54, 1.807) is 6.92 Å². The lowest BCUT2D eigenvalue weighted by atomic mass is 10.1. The monoisotopic (exact) mass is 263 g/mol. The molecule has 7 heteroatoms. The van der Waals surface area contributed by atoms with E-state index < -0.39 is 17.7 Å². The Balaban J connectivity index is 2.15. The molecule has 0 aliphatic heterocycles. The minimum absolute atomic E-state index is 0.0587. The number of aromatic amines is 1. The molecule has 6 nitrogen and oxygen atoms in total. The number of aromatic nitrogens is 2. The van der Waals surface area contributed by atoms with Gasteiger partial charge in [0.2, 0.25) is 0 Å². The van der Waals surface area contributed by atoms with Crippen LogP contribution in [-0.2, 0) is 0 Å². The van der Waals surface area contributed by atoms with Crippen molar-refractivity contribution in [2.75, 3.05) is 5.32 Å². The lowest BCUT2D eigenvalue weighted by Gasteiger charge is -2.03. The van der Waals surface area contributed by atoms with Gasteiger partial charge in [0.05, 0.1) is 0 Å². The Kier molecular flexibility index (Phi) is 3.28. The zero-order valence-corrected chi connectivity index (χ0v) is 9.90. The first-order valence-electron chi connectivity index (χ1n) is 5.33. The van der Waals surface area contributed by atoms with E-state index in [1.165, 1.54) is 18.2 Å². The molecule has 1 aromatic carbocycles. The number of aryl methyl sites for hydroxylation is 1. The summed E-state index contributed by atoms with van der Waals surface area (Å²) < 4.78 is 13.3. The fraction of sp³-hybridized carbons (Fsp3) is 0.0833. The number of hydrogen-bond donors (Lipinski definition) is 3. The minimum Gasteiger partial charge on any atom is -0.477 e. The SMILES string of the molecule is Cc1ccc(C(=O)Nc2cc(C(=O)O)[nH]n2)cc1F. The zero-order valence-electron chi connectivity index (χ0n) is 9.90. The number of rotatable bonds is 3. The Bertz CT molecular complexity index is 651. The third-order valence-corrected chi connectivity index (χ3v) is 2.48. The Labute approximate surface area is 107 Å². The summed E-state index contributed by atoms with van der Waals surface area (Å²) in [6.07, 6.45) is 0. The van der Waals surface area contributed by atoms with Gasteiger partial charge < -0.3 is 10.4 Å². The Morgan fingerprint density at radius 2 is 2.11 bits per heavy atom. The molecule has 0 unspecified atom stereocenters. The van der Waals surface area contributed by atoms with Crippen LogP contribution in [-0.4, -0.2) is 27.2 Å². The normalized spacial score (nSPS) is 10.2. The number of aromatic carboxylic acids is 1. The first-order chi connectivity index (χ1) is 8.97. The molecule has 1 aromatic heterocycles. The van der Waals surface area contributed by atoms with Crippen molar-refractivity contribution < 1.29 is 19.1 Å². The van der Waals surface area contributed by atoms with Crippen LogP contribution >= 0.6 is 0 Å². The van der Waals surface area contributed by atoms with E-state index in [0.29, 0.717) is 5.56 Å². The maximum absolute atomic E-state index is 13.3. The average Bonchev–Trinajstić information content (AvgIpc) is 2.81. The van der Waals surface area contributed by atoms with Crippen LogP contribution in [0.5, 0.6) is 0 Å². The number of amides is 1. The van der Waals surface area contributed by atoms with Gasteiger partial charge in [0, 0.05) is 11.6 Å². The van der Waals surface area contributed by atoms with Crippen LogP contribution in [0.15, 0.2) is 24.3 Å². The molecule has 2 aromatic rings. The maximum Gasteiger partial charge on any atom is 0.353 e. The van der Waals surface area contributed by atoms with E-state index >= 15 is 0 Å². The van der Waals surface area contributed by atoms with Crippen LogP contribution < -0.4 is 5.32 Å². The molecule has 98 valence electrons. The van der Waals surface area contributed by atoms with Crippen LogP contribution in [0.25, 0.3) is 0 Å². The van der Waals surface area contributed by atoms with E-state index in [2.05, 4.69) is 15.5 Å². The van der Waals surface area contributed by atoms with Crippen molar-refractivity contribution in [2.45, 2.75) is 6.92 Å². The first kappa shape index (κ1) is 12.7. The van der Waals surface area contributed by atoms with Gasteiger partial charge in [-0.3, -0.25) is 9.89 Å². The summed E-state index contributed by atoms with van der Waals surface area (Å²) in [7, 11) is 0. The van der Waals surface area contributed by atoms with Gasteiger partial charge in [0.25, 0.3) is 5.91 Å². The van der Waals surface area contributed by atoms with Crippen molar-refractivity contribution in [1.82, 2.24) is 10.2 Å². The summed E-state index contributed by atoms with van der Waals surface area (Å²) in [6, 6.07) is 5.23. The molecule has 1 amide bonds. The lowest BCUT2D eigenvalue weighted by Crippen LogP contribution is -2.12. The van der Waals surface area contributed by atoms with E-state index in [-0.39, 0.29) is 17.1 Å². The Morgan fingerprint density at radius 3 is 2.68 bits per heavy atom. The topological polar surface area (TPSA) is 95.1 Å². The predicted molar refractivity (Wildman–Crippen MR) is 64.6 cm³/mol. The number of anilines is 1. The van der Waals surface area contributed by atoms with Gasteiger partial charge in [-0.15, -0.1) is 0 Å². The number of carbonyl (C=O) groups is 2. The fourth-order valence-electron chi connectivity index (χ4n) is 1.42. The summed E-state index contributed by atoms with van der Waals surface area (Å²) in [5.74, 6) is -2.18. The summed E-state index contributed by atoms with van der Waals surface area (Å²) in [5.41, 5.74) is 0.415. The van der Waals surface area contributed by atoms with Crippen LogP contribution in [0.4, 0.5) is 10.2 Å². The molecule has 0 saturated heterocycles. The van der Waals surface area contributed by atoms with Gasteiger partial charge in [0.15, 0.2) is 5.82 Å². The summed E-state index contributed by atoms with van der Waals surface area (Å²) in [6.45, 7) is 1.59. The Morgan fingerprint density at radius 1 is 1.37 bits per heavy atom. The highest BCUT2D eigenvalue weighted by Crippen LogP contribution is 2.12. The standard InChI is InChI=1S/C12H10FN3O3/c1-6-2-3-7(4-8(6)13)11(17)14-10-5-9(12(18)19)15-16-10/h2-5H,1H3,(H,18,19)(H2,14,15,16,17). The van der Waals surface area contributed by atoms with Gasteiger partial charge in [-0.2, -0.15) is 5.10 Å². The second-order valence-corrected chi connectivity index (χ2v) is 3.89. The molecule has 0 atom stereocenters. The van der Waals surface area contributed by atoms with Crippen molar-refractivity contribution >= 4 is 17.7 Å². The average molecular weight is 263 g/mol. The lowest BCUT2D eigenvalue weighted by molar-refractivity contribution is 0.0690. The number of nitrogens with zero attached hydrogens (tertiary/aromatic N) is 1. The molecule has 3 N–H and O–H groups in total. The van der Waals surface area contributed by atoms with Crippen LogP contribution in [0.3, 0.4) is 0 Å². The smallest absolute Gasteiger partial charge is 0.353 e. The molecule has 0 aliphatic rings. The van der Waals surface area contributed by atoms with Crippen LogP contribution in [0.2, 0.25) is 0 Å². The second kappa shape index (κ2) is 4.89. The summed E-state index contributed by atoms with van der Waals surface area (Å²) in [5, 5.41) is 16.9. The van der Waals surface area contributed by atoms with Crippen molar-refractivity contribution in [3.05, 3.63) is 46.9 Å². The molecule has 0 radical (unpaired) electrons. The number of hydrogen-bond acceptors (Lipinski definition) is 3. The van der Waals surface area contributed by atoms with Crippen molar-refractivity contribution in [1.29, 1.82) is 0 Å². The molecule has 0 aliphatic carbocycles. The molecule has 0 saturated carbocycles. The van der Waals surface area contributed by atoms with Gasteiger partial charge in [0.1, 0.15) is 11.5 Å². The number of nitrogens with one attached hydrogen (secondary N) is 2. The molecule has 0 fully saturated rings. The summed E-state index contributed by atoms with van der Waals surface area (Å²) in [4.78, 5) is 22.4. The molecule has 0 spiro atoms. The van der Waals surface area contributed by atoms with Crippen molar-refractivity contribution in [3.63, 3.8) is 0 Å². The third-order valence-electron chi connectivity index (χ3n) is 2.48. The quantitative estimate of drug-likeness (QED) is 0.787. The minimum atomic E-state index is -1.19. The largest absolute Gasteiger partial charge is 0.477 e. The maximum atomic E-state index is 13.3. The third kappa shape index (κ3) is 2.76. The van der Waals surface area contributed by atoms with Crippen LogP contribution in [0, 0.1) is 12.7 Å². The van der Waals surface area contributed by atoms with Crippen molar-refractivity contribution in [3.8, 4) is 0 Å². The molecular formula is C12H10FN3O3. The van der Waals surface area contributed by atoms with E-state index in [0.717, 1.165) is 6.07 Å². The zero-order chi connectivity index (χ0) is 14.0.